The average Bonchev–Trinajstić information content (AvgIpc) is 3.41. The Labute approximate surface area is 390 Å². The van der Waals surface area contributed by atoms with Crippen LogP contribution in [0.4, 0.5) is 17.1 Å². The highest BCUT2D eigenvalue weighted by atomic mass is 15.1. The van der Waals surface area contributed by atoms with Gasteiger partial charge in [-0.3, -0.25) is 0 Å². The molecule has 1 aliphatic rings. The lowest BCUT2D eigenvalue weighted by molar-refractivity contribution is 1.06. The van der Waals surface area contributed by atoms with Crippen LogP contribution in [0, 0.1) is 0 Å². The molecule has 0 saturated carbocycles. The molecule has 12 aromatic carbocycles. The fourth-order valence-electron chi connectivity index (χ4n) is 10.9. The van der Waals surface area contributed by atoms with E-state index in [0.29, 0.717) is 0 Å². The molecule has 1 aliphatic carbocycles. The van der Waals surface area contributed by atoms with Crippen LogP contribution in [-0.4, -0.2) is 0 Å². The van der Waals surface area contributed by atoms with Gasteiger partial charge in [0.25, 0.3) is 0 Å². The molecule has 1 nitrogen and oxygen atoms in total. The number of benzene rings is 12. The fourth-order valence-corrected chi connectivity index (χ4v) is 10.9. The van der Waals surface area contributed by atoms with E-state index in [1.165, 1.54) is 109 Å². The topological polar surface area (TPSA) is 3.24 Å². The summed E-state index contributed by atoms with van der Waals surface area (Å²) in [4.78, 5) is 2.36. The first kappa shape index (κ1) is 38.9. The SMILES string of the molecule is C1=CCCC(c2cc(-c3ccccc3)c(-c3ccccc3)c3c4ccccc4c4cc(-c5ccc6c(ccc7cc(N(c8ccccc8)c8ccc9ccccc9c8)ccc76)c5)ccc4c23)=C1. The molecule has 0 aliphatic heterocycles. The van der Waals surface area contributed by atoms with Crippen molar-refractivity contribution in [2.45, 2.75) is 12.8 Å². The smallest absolute Gasteiger partial charge is 0.0468 e. The van der Waals surface area contributed by atoms with E-state index in [4.69, 9.17) is 0 Å². The van der Waals surface area contributed by atoms with Crippen molar-refractivity contribution < 1.29 is 0 Å². The first-order chi connectivity index (χ1) is 33.2. The minimum atomic E-state index is 1.01. The van der Waals surface area contributed by atoms with Crippen molar-refractivity contribution in [3.05, 3.63) is 254 Å². The molecule has 1 heteroatoms. The highest BCUT2D eigenvalue weighted by molar-refractivity contribution is 6.32. The van der Waals surface area contributed by atoms with E-state index >= 15 is 0 Å². The van der Waals surface area contributed by atoms with Crippen LogP contribution < -0.4 is 4.90 Å². The number of rotatable bonds is 7. The second kappa shape index (κ2) is 16.2. The zero-order valence-electron chi connectivity index (χ0n) is 37.0. The molecule has 0 N–H and O–H groups in total. The zero-order chi connectivity index (χ0) is 44.3. The van der Waals surface area contributed by atoms with Crippen molar-refractivity contribution >= 4 is 87.3 Å². The van der Waals surface area contributed by atoms with Crippen molar-refractivity contribution in [2.75, 3.05) is 4.90 Å². The van der Waals surface area contributed by atoms with Crippen LogP contribution in [-0.2, 0) is 0 Å². The Bertz CT molecular complexity index is 3960. The molecule has 314 valence electrons. The van der Waals surface area contributed by atoms with Crippen LogP contribution in [0.25, 0.3) is 104 Å². The van der Waals surface area contributed by atoms with Gasteiger partial charge in [-0.25, -0.2) is 0 Å². The lowest BCUT2D eigenvalue weighted by atomic mass is 9.80. The van der Waals surface area contributed by atoms with E-state index in [0.717, 1.165) is 29.9 Å². The molecular weight excluding hydrogens is 807 g/mol. The van der Waals surface area contributed by atoms with Gasteiger partial charge in [0.15, 0.2) is 0 Å². The quantitative estimate of drug-likeness (QED) is 0.144. The van der Waals surface area contributed by atoms with Crippen molar-refractivity contribution in [3.8, 4) is 33.4 Å². The van der Waals surface area contributed by atoms with Crippen LogP contribution in [0.3, 0.4) is 0 Å². The second-order valence-corrected chi connectivity index (χ2v) is 17.9. The van der Waals surface area contributed by atoms with Gasteiger partial charge in [-0.1, -0.05) is 194 Å². The molecule has 67 heavy (non-hydrogen) atoms. The number of nitrogens with zero attached hydrogens (tertiary/aromatic N) is 1. The van der Waals surface area contributed by atoms with Crippen molar-refractivity contribution in [2.24, 2.45) is 0 Å². The maximum atomic E-state index is 2.49. The second-order valence-electron chi connectivity index (χ2n) is 17.9. The Balaban J connectivity index is 0.972. The summed E-state index contributed by atoms with van der Waals surface area (Å²) in [5.41, 5.74) is 13.6. The summed E-state index contributed by atoms with van der Waals surface area (Å²) in [6.45, 7) is 0. The Kier molecular flexibility index (Phi) is 9.39. The predicted octanol–water partition coefficient (Wildman–Crippen LogP) is 18.8. The molecule has 0 saturated heterocycles. The number of hydrogen-bond donors (Lipinski definition) is 0. The van der Waals surface area contributed by atoms with E-state index in [1.807, 2.05) is 0 Å². The third-order valence-corrected chi connectivity index (χ3v) is 14.0. The van der Waals surface area contributed by atoms with E-state index < -0.39 is 0 Å². The minimum absolute atomic E-state index is 1.01. The van der Waals surface area contributed by atoms with Gasteiger partial charge in [-0.05, 0) is 177 Å². The molecule has 0 atom stereocenters. The summed E-state index contributed by atoms with van der Waals surface area (Å²) in [6, 6.07) is 85.3. The van der Waals surface area contributed by atoms with Crippen LogP contribution in [0.1, 0.15) is 18.4 Å². The van der Waals surface area contributed by atoms with E-state index in [9.17, 15) is 0 Å². The number of fused-ring (bicyclic) bond motifs is 10. The molecular formula is C66H45N. The van der Waals surface area contributed by atoms with Crippen LogP contribution in [0.15, 0.2) is 249 Å². The van der Waals surface area contributed by atoms with Gasteiger partial charge in [0.1, 0.15) is 0 Å². The number of anilines is 3. The largest absolute Gasteiger partial charge is 0.310 e. The van der Waals surface area contributed by atoms with Gasteiger partial charge >= 0.3 is 0 Å². The monoisotopic (exact) mass is 851 g/mol. The maximum Gasteiger partial charge on any atom is 0.0468 e. The zero-order valence-corrected chi connectivity index (χ0v) is 37.0. The molecule has 0 bridgehead atoms. The summed E-state index contributed by atoms with van der Waals surface area (Å²) < 4.78 is 0. The number of hydrogen-bond acceptors (Lipinski definition) is 1. The van der Waals surface area contributed by atoms with Gasteiger partial charge in [-0.2, -0.15) is 0 Å². The first-order valence-electron chi connectivity index (χ1n) is 23.5. The molecule has 0 fully saturated rings. The van der Waals surface area contributed by atoms with Gasteiger partial charge in [-0.15, -0.1) is 0 Å². The van der Waals surface area contributed by atoms with Gasteiger partial charge in [0.05, 0.1) is 0 Å². The molecule has 0 aromatic heterocycles. The third kappa shape index (κ3) is 6.70. The molecule has 0 radical (unpaired) electrons. The Hall–Kier alpha value is -8.52. The van der Waals surface area contributed by atoms with Crippen molar-refractivity contribution in [1.82, 2.24) is 0 Å². The molecule has 13 rings (SSSR count). The van der Waals surface area contributed by atoms with Crippen LogP contribution >= 0.6 is 0 Å². The Morgan fingerprint density at radius 3 is 1.63 bits per heavy atom. The summed E-state index contributed by atoms with van der Waals surface area (Å²) >= 11 is 0. The van der Waals surface area contributed by atoms with E-state index in [-0.39, 0.29) is 0 Å². The van der Waals surface area contributed by atoms with E-state index in [2.05, 4.69) is 254 Å². The van der Waals surface area contributed by atoms with Crippen LogP contribution in [0.2, 0.25) is 0 Å². The van der Waals surface area contributed by atoms with Gasteiger partial charge in [0, 0.05) is 17.1 Å². The number of allylic oxidation sites excluding steroid dienone is 4. The molecule has 0 amide bonds. The lowest BCUT2D eigenvalue weighted by Gasteiger charge is -2.26. The third-order valence-electron chi connectivity index (χ3n) is 14.0. The highest BCUT2D eigenvalue weighted by Crippen LogP contribution is 2.49. The van der Waals surface area contributed by atoms with Crippen LogP contribution in [0.5, 0.6) is 0 Å². The molecule has 12 aromatic rings. The Morgan fingerprint density at radius 1 is 0.313 bits per heavy atom. The van der Waals surface area contributed by atoms with Gasteiger partial charge in [0.2, 0.25) is 0 Å². The lowest BCUT2D eigenvalue weighted by Crippen LogP contribution is -2.09. The fraction of sp³-hybridized carbons (Fsp3) is 0.0303. The summed E-state index contributed by atoms with van der Waals surface area (Å²) in [7, 11) is 0. The minimum Gasteiger partial charge on any atom is -0.310 e. The van der Waals surface area contributed by atoms with E-state index in [1.54, 1.807) is 0 Å². The molecule has 0 spiro atoms. The van der Waals surface area contributed by atoms with Crippen molar-refractivity contribution in [3.63, 3.8) is 0 Å². The van der Waals surface area contributed by atoms with Crippen molar-refractivity contribution in [1.29, 1.82) is 0 Å². The average molecular weight is 852 g/mol. The molecule has 0 unspecified atom stereocenters. The normalized spacial score (nSPS) is 12.7. The summed E-state index contributed by atoms with van der Waals surface area (Å²) in [5, 5.41) is 15.2. The molecule has 0 heterocycles. The Morgan fingerprint density at radius 2 is 0.881 bits per heavy atom. The highest BCUT2D eigenvalue weighted by Gasteiger charge is 2.23. The maximum absolute atomic E-state index is 2.49. The number of para-hydroxylation sites is 1. The van der Waals surface area contributed by atoms with Gasteiger partial charge < -0.3 is 4.90 Å². The standard InChI is InChI=1S/C66H45N/c1-5-18-45(19-6-1)61-43-62(46-20-7-2-8-21-46)65-60-37-33-50(42-63(60)58-27-15-16-28-59(58)66(65)64(61)47-22-9-3-10-23-47)49-32-36-56-51(39-49)29-30-52-41-55(35-38-57(52)56)67(53-25-11-4-12-26-53)54-34-31-44-17-13-14-24-48(44)40-54/h1-7,9-20,22-43H,8,21H2. The first-order valence-corrected chi connectivity index (χ1v) is 23.5. The predicted molar refractivity (Wildman–Crippen MR) is 289 cm³/mol. The summed E-state index contributed by atoms with van der Waals surface area (Å²) in [5.74, 6) is 0. The summed E-state index contributed by atoms with van der Waals surface area (Å²) in [6.07, 6.45) is 8.93.